The second kappa shape index (κ2) is 14.1. The van der Waals surface area contributed by atoms with Gasteiger partial charge in [-0.15, -0.1) is 6.58 Å². The number of amides is 1. The molecule has 3 atom stereocenters. The van der Waals surface area contributed by atoms with Crippen molar-refractivity contribution in [2.24, 2.45) is 0 Å². The van der Waals surface area contributed by atoms with E-state index in [-0.39, 0.29) is 30.0 Å². The fourth-order valence-corrected chi connectivity index (χ4v) is 5.17. The molecular formula is C31H43FN4O2. The van der Waals surface area contributed by atoms with Crippen LogP contribution < -0.4 is 10.6 Å². The normalized spacial score (nSPS) is 23.4. The lowest BCUT2D eigenvalue weighted by atomic mass is 10.1. The Morgan fingerprint density at radius 3 is 2.63 bits per heavy atom. The van der Waals surface area contributed by atoms with Crippen LogP contribution in [0, 0.1) is 5.82 Å². The largest absolute Gasteiger partial charge is 0.390 e. The number of hydrogen-bond acceptors (Lipinski definition) is 5. The number of hydrogen-bond donors (Lipinski definition) is 2. The summed E-state index contributed by atoms with van der Waals surface area (Å²) in [7, 11) is 1.82. The van der Waals surface area contributed by atoms with Crippen LogP contribution in [0.5, 0.6) is 0 Å². The SMILES string of the molecule is C=CCCC(C(=C)NC)N1CC(=C\NCc2cccc(CN3CC(C)OC(C)C3)c2F)/C(=C\C=C/C)C1=O. The Kier molecular flexibility index (Phi) is 10.9. The van der Waals surface area contributed by atoms with Gasteiger partial charge in [-0.3, -0.25) is 9.69 Å². The predicted molar refractivity (Wildman–Crippen MR) is 153 cm³/mol. The number of rotatable bonds is 12. The third-order valence-electron chi connectivity index (χ3n) is 6.99. The molecule has 6 nitrogen and oxygen atoms in total. The number of halogens is 1. The standard InChI is InChI=1S/C31H43FN4O2/c1-7-9-14-28-27(21-36(31(28)37)29(15-10-8-2)24(5)33-6)17-34-16-25-12-11-13-26(30(25)32)20-35-18-22(3)38-23(4)19-35/h7-9,11-14,17,22-23,29,33-34H,2,5,10,15-16,18-21H2,1,3-4,6H3/b9-7-,27-17+,28-14+. The molecule has 2 fully saturated rings. The van der Waals surface area contributed by atoms with Gasteiger partial charge in [-0.05, 0) is 45.3 Å². The molecule has 3 unspecified atom stereocenters. The minimum absolute atomic E-state index is 0.0382. The number of ether oxygens (including phenoxy) is 1. The van der Waals surface area contributed by atoms with E-state index >= 15 is 4.39 Å². The van der Waals surface area contributed by atoms with Crippen molar-refractivity contribution in [1.82, 2.24) is 20.4 Å². The van der Waals surface area contributed by atoms with E-state index in [4.69, 9.17) is 4.74 Å². The van der Waals surface area contributed by atoms with E-state index in [1.165, 1.54) is 0 Å². The monoisotopic (exact) mass is 522 g/mol. The first-order chi connectivity index (χ1) is 18.3. The van der Waals surface area contributed by atoms with E-state index in [1.807, 2.05) is 61.5 Å². The van der Waals surface area contributed by atoms with E-state index in [9.17, 15) is 4.79 Å². The molecule has 2 N–H and O–H groups in total. The van der Waals surface area contributed by atoms with Crippen LogP contribution >= 0.6 is 0 Å². The summed E-state index contributed by atoms with van der Waals surface area (Å²) >= 11 is 0. The molecule has 1 aromatic rings. The van der Waals surface area contributed by atoms with Gasteiger partial charge >= 0.3 is 0 Å². The number of morpholine rings is 1. The molecule has 0 bridgehead atoms. The molecule has 2 heterocycles. The van der Waals surface area contributed by atoms with Crippen molar-refractivity contribution >= 4 is 5.91 Å². The van der Waals surface area contributed by atoms with Gasteiger partial charge in [-0.25, -0.2) is 4.39 Å². The zero-order chi connectivity index (χ0) is 27.7. The predicted octanol–water partition coefficient (Wildman–Crippen LogP) is 4.82. The van der Waals surface area contributed by atoms with Crippen LogP contribution in [0.25, 0.3) is 0 Å². The van der Waals surface area contributed by atoms with Gasteiger partial charge in [0, 0.05) is 68.4 Å². The van der Waals surface area contributed by atoms with E-state index < -0.39 is 0 Å². The van der Waals surface area contributed by atoms with Crippen LogP contribution in [0.15, 0.2) is 78.7 Å². The van der Waals surface area contributed by atoms with Crippen LogP contribution in [0.3, 0.4) is 0 Å². The van der Waals surface area contributed by atoms with Crippen LogP contribution in [0.4, 0.5) is 4.39 Å². The highest BCUT2D eigenvalue weighted by Crippen LogP contribution is 2.29. The molecule has 2 saturated heterocycles. The summed E-state index contributed by atoms with van der Waals surface area (Å²) < 4.78 is 21.2. The van der Waals surface area contributed by atoms with Gasteiger partial charge in [0.05, 0.1) is 18.2 Å². The highest BCUT2D eigenvalue weighted by atomic mass is 19.1. The highest BCUT2D eigenvalue weighted by Gasteiger charge is 2.35. The molecule has 2 aliphatic rings. The van der Waals surface area contributed by atoms with Crippen LogP contribution in [-0.4, -0.2) is 60.6 Å². The summed E-state index contributed by atoms with van der Waals surface area (Å²) in [5.41, 5.74) is 3.58. The Labute approximate surface area is 227 Å². The van der Waals surface area contributed by atoms with E-state index in [0.717, 1.165) is 37.2 Å². The Hall–Kier alpha value is -3.16. The zero-order valence-corrected chi connectivity index (χ0v) is 23.3. The van der Waals surface area contributed by atoms with Crippen molar-refractivity contribution in [3.63, 3.8) is 0 Å². The van der Waals surface area contributed by atoms with Crippen molar-refractivity contribution in [2.75, 3.05) is 26.7 Å². The molecule has 0 radical (unpaired) electrons. The first kappa shape index (κ1) is 29.4. The highest BCUT2D eigenvalue weighted by molar-refractivity contribution is 6.02. The van der Waals surface area contributed by atoms with Gasteiger partial charge < -0.3 is 20.3 Å². The quantitative estimate of drug-likeness (QED) is 0.305. The Morgan fingerprint density at radius 1 is 1.26 bits per heavy atom. The minimum Gasteiger partial charge on any atom is -0.390 e. The molecule has 1 amide bonds. The molecule has 0 aliphatic carbocycles. The van der Waals surface area contributed by atoms with Crippen molar-refractivity contribution in [3.8, 4) is 0 Å². The zero-order valence-electron chi connectivity index (χ0n) is 23.3. The Balaban J connectivity index is 1.75. The summed E-state index contributed by atoms with van der Waals surface area (Å²) in [6, 6.07) is 5.41. The smallest absolute Gasteiger partial charge is 0.255 e. The molecule has 0 saturated carbocycles. The maximum Gasteiger partial charge on any atom is 0.255 e. The molecule has 2 aliphatic heterocycles. The van der Waals surface area contributed by atoms with E-state index in [0.29, 0.717) is 36.3 Å². The van der Waals surface area contributed by atoms with E-state index in [2.05, 4.69) is 42.5 Å². The lowest BCUT2D eigenvalue weighted by Gasteiger charge is -2.35. The fourth-order valence-electron chi connectivity index (χ4n) is 5.17. The van der Waals surface area contributed by atoms with Crippen molar-refractivity contribution in [3.05, 3.63) is 95.6 Å². The average Bonchev–Trinajstić information content (AvgIpc) is 3.19. The van der Waals surface area contributed by atoms with Gasteiger partial charge in [-0.1, -0.05) is 43.0 Å². The number of carbonyl (C=O) groups excluding carboxylic acids is 1. The topological polar surface area (TPSA) is 56.8 Å². The van der Waals surface area contributed by atoms with Crippen LogP contribution in [0.1, 0.15) is 44.7 Å². The lowest BCUT2D eigenvalue weighted by Crippen LogP contribution is -2.44. The number of nitrogens with zero attached hydrogens (tertiary/aromatic N) is 2. The minimum atomic E-state index is -0.186. The number of allylic oxidation sites excluding steroid dienone is 4. The maximum atomic E-state index is 15.4. The average molecular weight is 523 g/mol. The first-order valence-electron chi connectivity index (χ1n) is 13.5. The molecule has 206 valence electrons. The Morgan fingerprint density at radius 2 is 1.97 bits per heavy atom. The third-order valence-corrected chi connectivity index (χ3v) is 6.99. The number of benzene rings is 1. The Bertz CT molecular complexity index is 1080. The summed E-state index contributed by atoms with van der Waals surface area (Å²) in [5, 5.41) is 6.38. The van der Waals surface area contributed by atoms with E-state index in [1.54, 1.807) is 6.07 Å². The third kappa shape index (κ3) is 7.45. The molecule has 0 aromatic heterocycles. The second-order valence-electron chi connectivity index (χ2n) is 10.1. The van der Waals surface area contributed by atoms with Crippen molar-refractivity contribution in [1.29, 1.82) is 0 Å². The maximum absolute atomic E-state index is 15.4. The number of likely N-dealkylation sites (N-methyl/N-ethyl adjacent to an activating group) is 1. The first-order valence-corrected chi connectivity index (χ1v) is 13.5. The van der Waals surface area contributed by atoms with Crippen molar-refractivity contribution in [2.45, 2.75) is 65.0 Å². The number of carbonyl (C=O) groups is 1. The summed E-state index contributed by atoms with van der Waals surface area (Å²) in [6.07, 6.45) is 11.1. The summed E-state index contributed by atoms with van der Waals surface area (Å²) in [5.74, 6) is -0.224. The number of nitrogens with one attached hydrogen (secondary N) is 2. The molecule has 38 heavy (non-hydrogen) atoms. The van der Waals surface area contributed by atoms with Gasteiger partial charge in [0.1, 0.15) is 5.82 Å². The molecule has 7 heteroatoms. The van der Waals surface area contributed by atoms with Crippen molar-refractivity contribution < 1.29 is 13.9 Å². The summed E-state index contributed by atoms with van der Waals surface area (Å²) in [4.78, 5) is 17.5. The summed E-state index contributed by atoms with van der Waals surface area (Å²) in [6.45, 7) is 16.9. The lowest BCUT2D eigenvalue weighted by molar-refractivity contribution is -0.126. The molecule has 3 rings (SSSR count). The number of likely N-dealkylation sites (tertiary alicyclic amines) is 1. The molecule has 1 aromatic carbocycles. The van der Waals surface area contributed by atoms with Gasteiger partial charge in [0.25, 0.3) is 5.91 Å². The van der Waals surface area contributed by atoms with Crippen LogP contribution in [-0.2, 0) is 22.6 Å². The van der Waals surface area contributed by atoms with Gasteiger partial charge in [0.15, 0.2) is 0 Å². The fraction of sp³-hybridized carbons (Fsp3) is 0.452. The van der Waals surface area contributed by atoms with Crippen LogP contribution in [0.2, 0.25) is 0 Å². The van der Waals surface area contributed by atoms with Gasteiger partial charge in [-0.2, -0.15) is 0 Å². The second-order valence-corrected chi connectivity index (χ2v) is 10.1. The molecule has 0 spiro atoms. The molecular weight excluding hydrogens is 479 g/mol. The van der Waals surface area contributed by atoms with Gasteiger partial charge in [0.2, 0.25) is 0 Å².